The van der Waals surface area contributed by atoms with E-state index in [0.29, 0.717) is 0 Å². The Kier molecular flexibility index (Phi) is 2.77. The van der Waals surface area contributed by atoms with Gasteiger partial charge in [-0.3, -0.25) is 0 Å². The Morgan fingerprint density at radius 2 is 2.00 bits per heavy atom. The van der Waals surface area contributed by atoms with E-state index in [4.69, 9.17) is 0 Å². The van der Waals surface area contributed by atoms with Crippen LogP contribution < -0.4 is 0 Å². The predicted octanol–water partition coefficient (Wildman–Crippen LogP) is 3.30. The third-order valence-electron chi connectivity index (χ3n) is 2.00. The highest BCUT2D eigenvalue weighted by Gasteiger charge is 2.16. The molecule has 1 rings (SSSR count). The van der Waals surface area contributed by atoms with Crippen LogP contribution >= 0.6 is 0 Å². The lowest BCUT2D eigenvalue weighted by molar-refractivity contribution is 0.977. The van der Waals surface area contributed by atoms with Crippen molar-refractivity contribution in [3.63, 3.8) is 0 Å². The lowest BCUT2D eigenvalue weighted by Gasteiger charge is -1.91. The number of hydrogen-bond acceptors (Lipinski definition) is 0. The van der Waals surface area contributed by atoms with Crippen LogP contribution in [0.5, 0.6) is 0 Å². The van der Waals surface area contributed by atoms with Crippen LogP contribution in [-0.4, -0.2) is 0 Å². The van der Waals surface area contributed by atoms with E-state index in [1.54, 1.807) is 0 Å². The minimum Gasteiger partial charge on any atom is -0.126 e. The molecule has 0 heterocycles. The van der Waals surface area contributed by atoms with E-state index >= 15 is 0 Å². The zero-order chi connectivity index (χ0) is 7.40. The molecule has 0 amide bonds. The maximum atomic E-state index is 3.37. The third-order valence-corrected chi connectivity index (χ3v) is 2.00. The van der Waals surface area contributed by atoms with E-state index in [-0.39, 0.29) is 0 Å². The molecular formula is C10H16. The van der Waals surface area contributed by atoms with Gasteiger partial charge in [0.2, 0.25) is 0 Å². The SMILES string of the molecule is CCC(=C=CC1CC1)CC. The summed E-state index contributed by atoms with van der Waals surface area (Å²) >= 11 is 0. The molecule has 0 atom stereocenters. The Morgan fingerprint density at radius 3 is 2.40 bits per heavy atom. The van der Waals surface area contributed by atoms with Gasteiger partial charge >= 0.3 is 0 Å². The van der Waals surface area contributed by atoms with Crippen molar-refractivity contribution >= 4 is 0 Å². The van der Waals surface area contributed by atoms with Crippen LogP contribution in [0.3, 0.4) is 0 Å². The molecule has 0 aromatic rings. The largest absolute Gasteiger partial charge is 0.126 e. The fourth-order valence-corrected chi connectivity index (χ4v) is 0.953. The molecule has 1 aliphatic rings. The van der Waals surface area contributed by atoms with Crippen molar-refractivity contribution in [2.75, 3.05) is 0 Å². The zero-order valence-electron chi connectivity index (χ0n) is 6.98. The average Bonchev–Trinajstić information content (AvgIpc) is 2.74. The molecule has 1 aliphatic carbocycles. The van der Waals surface area contributed by atoms with E-state index in [0.717, 1.165) is 5.92 Å². The van der Waals surface area contributed by atoms with Crippen molar-refractivity contribution in [2.24, 2.45) is 5.92 Å². The standard InChI is InChI=1S/C10H16/c1-3-9(4-2)5-6-10-7-8-10/h6,10H,3-4,7-8H2,1-2H3. The van der Waals surface area contributed by atoms with Gasteiger partial charge in [0.1, 0.15) is 0 Å². The smallest absolute Gasteiger partial charge is 0.0157 e. The number of allylic oxidation sites excluding steroid dienone is 1. The molecule has 0 N–H and O–H groups in total. The maximum Gasteiger partial charge on any atom is -0.0157 e. The highest BCUT2D eigenvalue weighted by molar-refractivity contribution is 5.04. The van der Waals surface area contributed by atoms with Gasteiger partial charge in [0, 0.05) is 0 Å². The van der Waals surface area contributed by atoms with E-state index in [2.05, 4.69) is 25.7 Å². The first-order chi connectivity index (χ1) is 4.86. The van der Waals surface area contributed by atoms with Crippen LogP contribution in [0, 0.1) is 5.92 Å². The molecule has 1 fully saturated rings. The van der Waals surface area contributed by atoms with E-state index in [9.17, 15) is 0 Å². The second-order valence-electron chi connectivity index (χ2n) is 2.96. The maximum absolute atomic E-state index is 3.37. The molecule has 0 bridgehead atoms. The molecule has 0 aromatic carbocycles. The summed E-state index contributed by atoms with van der Waals surface area (Å²) in [7, 11) is 0. The molecule has 10 heavy (non-hydrogen) atoms. The van der Waals surface area contributed by atoms with E-state index in [1.165, 1.54) is 31.3 Å². The van der Waals surface area contributed by atoms with Gasteiger partial charge in [0.05, 0.1) is 0 Å². The van der Waals surface area contributed by atoms with Crippen LogP contribution in [0.1, 0.15) is 39.5 Å². The Labute approximate surface area is 63.6 Å². The Balaban J connectivity index is 2.45. The van der Waals surface area contributed by atoms with Crippen molar-refractivity contribution in [3.8, 4) is 0 Å². The molecule has 0 spiro atoms. The lowest BCUT2D eigenvalue weighted by Crippen LogP contribution is -1.72. The van der Waals surface area contributed by atoms with Gasteiger partial charge in [-0.2, -0.15) is 0 Å². The quantitative estimate of drug-likeness (QED) is 0.522. The first-order valence-corrected chi connectivity index (χ1v) is 4.31. The minimum absolute atomic E-state index is 0.882. The van der Waals surface area contributed by atoms with Gasteiger partial charge in [-0.05, 0) is 43.3 Å². The number of hydrogen-bond donors (Lipinski definition) is 0. The first-order valence-electron chi connectivity index (χ1n) is 4.31. The molecule has 0 saturated heterocycles. The summed E-state index contributed by atoms with van der Waals surface area (Å²) in [6.45, 7) is 4.40. The number of rotatable bonds is 3. The normalized spacial score (nSPS) is 16.2. The Morgan fingerprint density at radius 1 is 1.40 bits per heavy atom. The molecule has 0 aliphatic heterocycles. The third kappa shape index (κ3) is 2.41. The van der Waals surface area contributed by atoms with Crippen LogP contribution in [0.15, 0.2) is 17.4 Å². The van der Waals surface area contributed by atoms with Crippen molar-refractivity contribution in [2.45, 2.75) is 39.5 Å². The van der Waals surface area contributed by atoms with Gasteiger partial charge < -0.3 is 0 Å². The molecule has 0 aromatic heterocycles. The molecule has 0 heteroatoms. The first kappa shape index (κ1) is 7.63. The van der Waals surface area contributed by atoms with E-state index in [1.807, 2.05) is 0 Å². The van der Waals surface area contributed by atoms with Crippen LogP contribution in [0.4, 0.5) is 0 Å². The topological polar surface area (TPSA) is 0 Å². The molecule has 0 radical (unpaired) electrons. The summed E-state index contributed by atoms with van der Waals surface area (Å²) in [5, 5.41) is 0. The summed E-state index contributed by atoms with van der Waals surface area (Å²) in [6, 6.07) is 0. The highest BCUT2D eigenvalue weighted by Crippen LogP contribution is 2.29. The second-order valence-corrected chi connectivity index (χ2v) is 2.96. The highest BCUT2D eigenvalue weighted by atomic mass is 14.2. The molecule has 0 nitrogen and oxygen atoms in total. The second kappa shape index (κ2) is 3.63. The minimum atomic E-state index is 0.882. The summed E-state index contributed by atoms with van der Waals surface area (Å²) in [5.74, 6) is 0.882. The summed E-state index contributed by atoms with van der Waals surface area (Å²) in [4.78, 5) is 0. The lowest BCUT2D eigenvalue weighted by atomic mass is 10.1. The average molecular weight is 136 g/mol. The molecular weight excluding hydrogens is 120 g/mol. The van der Waals surface area contributed by atoms with Gasteiger partial charge in [0.15, 0.2) is 0 Å². The Bertz CT molecular complexity index is 149. The van der Waals surface area contributed by atoms with Crippen molar-refractivity contribution in [1.82, 2.24) is 0 Å². The Hall–Kier alpha value is -0.480. The van der Waals surface area contributed by atoms with Crippen molar-refractivity contribution in [1.29, 1.82) is 0 Å². The van der Waals surface area contributed by atoms with Crippen LogP contribution in [-0.2, 0) is 0 Å². The molecule has 1 saturated carbocycles. The summed E-state index contributed by atoms with van der Waals surface area (Å²) in [5.41, 5.74) is 4.84. The van der Waals surface area contributed by atoms with Gasteiger partial charge in [-0.1, -0.05) is 13.8 Å². The van der Waals surface area contributed by atoms with Gasteiger partial charge in [-0.25, -0.2) is 0 Å². The van der Waals surface area contributed by atoms with E-state index < -0.39 is 0 Å². The summed E-state index contributed by atoms with van der Waals surface area (Å²) < 4.78 is 0. The van der Waals surface area contributed by atoms with Crippen molar-refractivity contribution in [3.05, 3.63) is 17.4 Å². The fourth-order valence-electron chi connectivity index (χ4n) is 0.953. The van der Waals surface area contributed by atoms with Crippen LogP contribution in [0.25, 0.3) is 0 Å². The van der Waals surface area contributed by atoms with Gasteiger partial charge in [0.25, 0.3) is 0 Å². The molecule has 56 valence electrons. The molecule has 0 unspecified atom stereocenters. The van der Waals surface area contributed by atoms with Gasteiger partial charge in [-0.15, -0.1) is 5.73 Å². The van der Waals surface area contributed by atoms with Crippen molar-refractivity contribution < 1.29 is 0 Å². The van der Waals surface area contributed by atoms with Crippen LogP contribution in [0.2, 0.25) is 0 Å². The fraction of sp³-hybridized carbons (Fsp3) is 0.700. The predicted molar refractivity (Wildman–Crippen MR) is 44.9 cm³/mol. The summed E-state index contributed by atoms with van der Waals surface area (Å²) in [6.07, 6.45) is 7.38. The monoisotopic (exact) mass is 136 g/mol. The zero-order valence-corrected chi connectivity index (χ0v) is 6.98.